The minimum Gasteiger partial charge on any atom is -0.485 e. The summed E-state index contributed by atoms with van der Waals surface area (Å²) in [5.41, 5.74) is -1.32. The Morgan fingerprint density at radius 2 is 2.11 bits per heavy atom. The van der Waals surface area contributed by atoms with Gasteiger partial charge in [-0.25, -0.2) is 4.79 Å². The first-order chi connectivity index (χ1) is 8.68. The van der Waals surface area contributed by atoms with Gasteiger partial charge in [0.15, 0.2) is 5.75 Å². The van der Waals surface area contributed by atoms with Gasteiger partial charge in [-0.2, -0.15) is 0 Å². The standard InChI is InChI=1S/C12H14ClNO5/c1-4-12(2,3)19-10-8(11(15)16)5-7(14(17)18)6-9(10)13/h5-6H,4H2,1-3H3,(H,15,16). The Morgan fingerprint density at radius 3 is 2.53 bits per heavy atom. The first kappa shape index (κ1) is 15.2. The molecule has 0 radical (unpaired) electrons. The summed E-state index contributed by atoms with van der Waals surface area (Å²) < 4.78 is 5.57. The van der Waals surface area contributed by atoms with Gasteiger partial charge >= 0.3 is 5.97 Å². The minimum atomic E-state index is -1.33. The third-order valence-electron chi connectivity index (χ3n) is 2.70. The molecule has 104 valence electrons. The van der Waals surface area contributed by atoms with Crippen LogP contribution in [0.25, 0.3) is 0 Å². The fourth-order valence-electron chi connectivity index (χ4n) is 1.30. The van der Waals surface area contributed by atoms with Gasteiger partial charge in [0.25, 0.3) is 5.69 Å². The van der Waals surface area contributed by atoms with E-state index in [1.807, 2.05) is 6.92 Å². The summed E-state index contributed by atoms with van der Waals surface area (Å²) in [4.78, 5) is 21.2. The topological polar surface area (TPSA) is 89.7 Å². The second-order valence-electron chi connectivity index (χ2n) is 4.58. The lowest BCUT2D eigenvalue weighted by molar-refractivity contribution is -0.384. The van der Waals surface area contributed by atoms with Gasteiger partial charge in [0.1, 0.15) is 11.2 Å². The van der Waals surface area contributed by atoms with E-state index < -0.39 is 16.5 Å². The first-order valence-corrected chi connectivity index (χ1v) is 5.96. The highest BCUT2D eigenvalue weighted by atomic mass is 35.5. The number of carbonyl (C=O) groups is 1. The molecule has 1 aromatic rings. The highest BCUT2D eigenvalue weighted by molar-refractivity contribution is 6.32. The second kappa shape index (κ2) is 5.44. The van der Waals surface area contributed by atoms with Crippen LogP contribution in [0.1, 0.15) is 37.6 Å². The number of nitro benzene ring substituents is 1. The molecule has 0 saturated carbocycles. The summed E-state index contributed by atoms with van der Waals surface area (Å²) in [6.45, 7) is 5.42. The second-order valence-corrected chi connectivity index (χ2v) is 4.99. The van der Waals surface area contributed by atoms with Crippen LogP contribution in [0.15, 0.2) is 12.1 Å². The number of nitrogens with zero attached hydrogens (tertiary/aromatic N) is 1. The first-order valence-electron chi connectivity index (χ1n) is 5.58. The van der Waals surface area contributed by atoms with E-state index in [0.717, 1.165) is 12.1 Å². The van der Waals surface area contributed by atoms with Crippen molar-refractivity contribution in [3.05, 3.63) is 32.8 Å². The van der Waals surface area contributed by atoms with Gasteiger partial charge < -0.3 is 9.84 Å². The Morgan fingerprint density at radius 1 is 1.53 bits per heavy atom. The van der Waals surface area contributed by atoms with Gasteiger partial charge in [-0.05, 0) is 20.3 Å². The van der Waals surface area contributed by atoms with Crippen LogP contribution in [0.3, 0.4) is 0 Å². The Balaban J connectivity index is 3.38. The third kappa shape index (κ3) is 3.57. The number of carboxylic acids is 1. The van der Waals surface area contributed by atoms with E-state index in [0.29, 0.717) is 6.42 Å². The van der Waals surface area contributed by atoms with E-state index in [-0.39, 0.29) is 22.0 Å². The molecule has 0 atom stereocenters. The van der Waals surface area contributed by atoms with E-state index in [9.17, 15) is 14.9 Å². The highest BCUT2D eigenvalue weighted by Gasteiger charge is 2.26. The molecule has 0 saturated heterocycles. The number of carboxylic acid groups (broad SMARTS) is 1. The van der Waals surface area contributed by atoms with E-state index in [2.05, 4.69) is 0 Å². The number of aromatic carboxylic acids is 1. The Kier molecular flexibility index (Phi) is 4.36. The number of rotatable bonds is 5. The highest BCUT2D eigenvalue weighted by Crippen LogP contribution is 2.36. The summed E-state index contributed by atoms with van der Waals surface area (Å²) in [5, 5.41) is 19.7. The zero-order valence-corrected chi connectivity index (χ0v) is 11.5. The molecule has 6 nitrogen and oxygen atoms in total. The molecule has 0 fully saturated rings. The predicted octanol–water partition coefficient (Wildman–Crippen LogP) is 3.51. The summed E-state index contributed by atoms with van der Waals surface area (Å²) in [6, 6.07) is 2.02. The van der Waals surface area contributed by atoms with Gasteiger partial charge in [-0.1, -0.05) is 18.5 Å². The molecule has 0 aromatic heterocycles. The van der Waals surface area contributed by atoms with Crippen LogP contribution in [0.2, 0.25) is 5.02 Å². The molecule has 0 amide bonds. The van der Waals surface area contributed by atoms with Crippen LogP contribution >= 0.6 is 11.6 Å². The Hall–Kier alpha value is -1.82. The monoisotopic (exact) mass is 287 g/mol. The van der Waals surface area contributed by atoms with Gasteiger partial charge in [-0.15, -0.1) is 0 Å². The molecule has 19 heavy (non-hydrogen) atoms. The van der Waals surface area contributed by atoms with Crippen LogP contribution in [0, 0.1) is 10.1 Å². The molecule has 1 N–H and O–H groups in total. The van der Waals surface area contributed by atoms with Crippen molar-refractivity contribution in [3.8, 4) is 5.75 Å². The van der Waals surface area contributed by atoms with Crippen LogP contribution in [0.4, 0.5) is 5.69 Å². The summed E-state index contributed by atoms with van der Waals surface area (Å²) in [7, 11) is 0. The van der Waals surface area contributed by atoms with E-state index in [1.165, 1.54) is 0 Å². The van der Waals surface area contributed by atoms with Gasteiger partial charge in [0.05, 0.1) is 9.95 Å². The zero-order valence-electron chi connectivity index (χ0n) is 10.8. The van der Waals surface area contributed by atoms with Gasteiger partial charge in [0.2, 0.25) is 0 Å². The predicted molar refractivity (Wildman–Crippen MR) is 70.1 cm³/mol. The number of ether oxygens (including phenoxy) is 1. The molecule has 0 aliphatic rings. The lowest BCUT2D eigenvalue weighted by Gasteiger charge is -2.26. The minimum absolute atomic E-state index is 0.0494. The Bertz CT molecular complexity index is 527. The molecule has 0 spiro atoms. The molecule has 0 heterocycles. The summed E-state index contributed by atoms with van der Waals surface area (Å²) in [5.74, 6) is -1.38. The number of benzene rings is 1. The normalized spacial score (nSPS) is 11.2. The van der Waals surface area contributed by atoms with Crippen molar-refractivity contribution < 1.29 is 19.6 Å². The van der Waals surface area contributed by atoms with E-state index in [1.54, 1.807) is 13.8 Å². The van der Waals surface area contributed by atoms with Crippen molar-refractivity contribution in [1.82, 2.24) is 0 Å². The zero-order chi connectivity index (χ0) is 14.8. The van der Waals surface area contributed by atoms with Crippen LogP contribution < -0.4 is 4.74 Å². The SMILES string of the molecule is CCC(C)(C)Oc1c(Cl)cc([N+](=O)[O-])cc1C(=O)O. The molecule has 0 unspecified atom stereocenters. The molecular formula is C12H14ClNO5. The molecular weight excluding hydrogens is 274 g/mol. The van der Waals surface area contributed by atoms with E-state index >= 15 is 0 Å². The maximum Gasteiger partial charge on any atom is 0.339 e. The number of nitro groups is 1. The fourth-order valence-corrected chi connectivity index (χ4v) is 1.55. The molecule has 0 aliphatic heterocycles. The van der Waals surface area contributed by atoms with Gasteiger partial charge in [0, 0.05) is 12.1 Å². The van der Waals surface area contributed by atoms with Crippen molar-refractivity contribution in [1.29, 1.82) is 0 Å². The van der Waals surface area contributed by atoms with Crippen molar-refractivity contribution in [2.45, 2.75) is 32.8 Å². The molecule has 7 heteroatoms. The van der Waals surface area contributed by atoms with Gasteiger partial charge in [-0.3, -0.25) is 10.1 Å². The van der Waals surface area contributed by atoms with Crippen molar-refractivity contribution in [2.75, 3.05) is 0 Å². The number of halogens is 1. The largest absolute Gasteiger partial charge is 0.485 e. The lowest BCUT2D eigenvalue weighted by atomic mass is 10.1. The molecule has 1 aromatic carbocycles. The molecule has 1 rings (SSSR count). The van der Waals surface area contributed by atoms with E-state index in [4.69, 9.17) is 21.4 Å². The maximum atomic E-state index is 11.2. The summed E-state index contributed by atoms with van der Waals surface area (Å²) in [6.07, 6.45) is 0.624. The summed E-state index contributed by atoms with van der Waals surface area (Å²) >= 11 is 5.89. The van der Waals surface area contributed by atoms with Crippen LogP contribution in [-0.4, -0.2) is 21.6 Å². The smallest absolute Gasteiger partial charge is 0.339 e. The molecule has 0 aliphatic carbocycles. The van der Waals surface area contributed by atoms with Crippen molar-refractivity contribution in [3.63, 3.8) is 0 Å². The van der Waals surface area contributed by atoms with Crippen molar-refractivity contribution in [2.24, 2.45) is 0 Å². The Labute approximate surface area is 115 Å². The van der Waals surface area contributed by atoms with Crippen LogP contribution in [0.5, 0.6) is 5.75 Å². The number of hydrogen-bond donors (Lipinski definition) is 1. The quantitative estimate of drug-likeness (QED) is 0.661. The number of hydrogen-bond acceptors (Lipinski definition) is 4. The third-order valence-corrected chi connectivity index (χ3v) is 2.98. The fraction of sp³-hybridized carbons (Fsp3) is 0.417. The molecule has 0 bridgehead atoms. The number of non-ortho nitro benzene ring substituents is 1. The maximum absolute atomic E-state index is 11.2. The lowest BCUT2D eigenvalue weighted by Crippen LogP contribution is -2.28. The average Bonchev–Trinajstić information content (AvgIpc) is 2.30. The van der Waals surface area contributed by atoms with Crippen LogP contribution in [-0.2, 0) is 0 Å². The average molecular weight is 288 g/mol. The van der Waals surface area contributed by atoms with Crippen molar-refractivity contribution >= 4 is 23.3 Å².